The van der Waals surface area contributed by atoms with Gasteiger partial charge in [-0.25, -0.2) is 0 Å². The Balaban J connectivity index is 2.18. The Morgan fingerprint density at radius 3 is 2.52 bits per heavy atom. The highest BCUT2D eigenvalue weighted by Crippen LogP contribution is 2.30. The molecule has 0 spiro atoms. The van der Waals surface area contributed by atoms with Gasteiger partial charge in [0.25, 0.3) is 5.56 Å². The first-order valence-corrected chi connectivity index (χ1v) is 7.91. The smallest absolute Gasteiger partial charge is 0.252 e. The predicted molar refractivity (Wildman–Crippen MR) is 95.0 cm³/mol. The molecule has 0 amide bonds. The van der Waals surface area contributed by atoms with Gasteiger partial charge in [0.2, 0.25) is 0 Å². The van der Waals surface area contributed by atoms with Crippen LogP contribution in [0.4, 0.5) is 0 Å². The minimum absolute atomic E-state index is 0.161. The molecule has 2 N–H and O–H groups in total. The first-order valence-electron chi connectivity index (χ1n) is 7.16. The zero-order chi connectivity index (χ0) is 16.7. The van der Waals surface area contributed by atoms with Crippen LogP contribution in [-0.2, 0) is 6.42 Å². The van der Waals surface area contributed by atoms with Crippen LogP contribution in [0.2, 0.25) is 10.0 Å². The lowest BCUT2D eigenvalue weighted by atomic mass is 9.97. The standard InChI is InChI=1S/C18H15Cl2NO2/c1-9-5-15-17(16(22)6-9)10(2)12(18(23)21-15)7-11-3-4-13(19)14(20)8-11/h3-6,8,22H,7H2,1-2H3,(H,21,23). The number of benzene rings is 2. The molecule has 118 valence electrons. The van der Waals surface area contributed by atoms with E-state index in [0.29, 0.717) is 32.9 Å². The number of pyridine rings is 1. The second-order valence-corrected chi connectivity index (χ2v) is 6.50. The summed E-state index contributed by atoms with van der Waals surface area (Å²) in [5.74, 6) is 0.170. The minimum Gasteiger partial charge on any atom is -0.507 e. The van der Waals surface area contributed by atoms with E-state index in [1.807, 2.05) is 26.0 Å². The van der Waals surface area contributed by atoms with Crippen LogP contribution in [-0.4, -0.2) is 10.1 Å². The zero-order valence-electron chi connectivity index (χ0n) is 12.7. The molecule has 5 heteroatoms. The monoisotopic (exact) mass is 347 g/mol. The van der Waals surface area contributed by atoms with Crippen LogP contribution < -0.4 is 5.56 Å². The Morgan fingerprint density at radius 1 is 1.09 bits per heavy atom. The summed E-state index contributed by atoms with van der Waals surface area (Å²) in [7, 11) is 0. The van der Waals surface area contributed by atoms with Gasteiger partial charge in [0.15, 0.2) is 0 Å². The van der Waals surface area contributed by atoms with Gasteiger partial charge in [-0.05, 0) is 54.8 Å². The number of halogens is 2. The quantitative estimate of drug-likeness (QED) is 0.702. The summed E-state index contributed by atoms with van der Waals surface area (Å²) in [4.78, 5) is 15.3. The molecule has 3 nitrogen and oxygen atoms in total. The number of rotatable bonds is 2. The van der Waals surface area contributed by atoms with Gasteiger partial charge in [-0.3, -0.25) is 4.79 Å². The molecule has 0 aliphatic carbocycles. The van der Waals surface area contributed by atoms with Crippen molar-refractivity contribution in [1.82, 2.24) is 4.98 Å². The highest BCUT2D eigenvalue weighted by molar-refractivity contribution is 6.42. The number of phenolic OH excluding ortho intramolecular Hbond substituents is 1. The number of hydrogen-bond acceptors (Lipinski definition) is 2. The minimum atomic E-state index is -0.161. The summed E-state index contributed by atoms with van der Waals surface area (Å²) in [5.41, 5.74) is 3.64. The van der Waals surface area contributed by atoms with E-state index in [2.05, 4.69) is 4.98 Å². The van der Waals surface area contributed by atoms with E-state index in [4.69, 9.17) is 23.2 Å². The number of aromatic amines is 1. The van der Waals surface area contributed by atoms with Crippen LogP contribution in [0.15, 0.2) is 35.1 Å². The van der Waals surface area contributed by atoms with Crippen molar-refractivity contribution in [1.29, 1.82) is 0 Å². The summed E-state index contributed by atoms with van der Waals surface area (Å²) in [6, 6.07) is 8.85. The first-order chi connectivity index (χ1) is 10.9. The SMILES string of the molecule is Cc1cc(O)c2c(C)c(Cc3ccc(Cl)c(Cl)c3)c(=O)[nH]c2c1. The molecule has 1 heterocycles. The molecule has 0 unspecified atom stereocenters. The molecule has 1 aromatic heterocycles. The van der Waals surface area contributed by atoms with E-state index in [1.54, 1.807) is 18.2 Å². The molecule has 0 saturated heterocycles. The van der Waals surface area contributed by atoms with Gasteiger partial charge in [0.1, 0.15) is 5.75 Å². The van der Waals surface area contributed by atoms with Crippen molar-refractivity contribution in [2.75, 3.05) is 0 Å². The molecule has 23 heavy (non-hydrogen) atoms. The number of fused-ring (bicyclic) bond motifs is 1. The molecule has 0 aliphatic heterocycles. The molecular formula is C18H15Cl2NO2. The highest BCUT2D eigenvalue weighted by atomic mass is 35.5. The van der Waals surface area contributed by atoms with Gasteiger partial charge in [0.05, 0.1) is 15.6 Å². The molecule has 0 saturated carbocycles. The second-order valence-electron chi connectivity index (χ2n) is 5.69. The largest absolute Gasteiger partial charge is 0.507 e. The van der Waals surface area contributed by atoms with Gasteiger partial charge in [-0.2, -0.15) is 0 Å². The number of aromatic hydroxyl groups is 1. The molecule has 0 fully saturated rings. The number of H-pyrrole nitrogens is 1. The number of aromatic nitrogens is 1. The molecule has 3 rings (SSSR count). The van der Waals surface area contributed by atoms with Gasteiger partial charge < -0.3 is 10.1 Å². The number of phenols is 1. The highest BCUT2D eigenvalue weighted by Gasteiger charge is 2.13. The third kappa shape index (κ3) is 2.94. The molecular weight excluding hydrogens is 333 g/mol. The van der Waals surface area contributed by atoms with Crippen LogP contribution in [0, 0.1) is 13.8 Å². The van der Waals surface area contributed by atoms with E-state index >= 15 is 0 Å². The van der Waals surface area contributed by atoms with Gasteiger partial charge in [-0.1, -0.05) is 29.3 Å². The lowest BCUT2D eigenvalue weighted by Crippen LogP contribution is -2.15. The third-order valence-electron chi connectivity index (χ3n) is 3.98. The Hall–Kier alpha value is -1.97. The van der Waals surface area contributed by atoms with Crippen molar-refractivity contribution in [3.63, 3.8) is 0 Å². The lowest BCUT2D eigenvalue weighted by Gasteiger charge is -2.11. The second kappa shape index (κ2) is 5.91. The lowest BCUT2D eigenvalue weighted by molar-refractivity contribution is 0.481. The van der Waals surface area contributed by atoms with Gasteiger partial charge in [0, 0.05) is 17.4 Å². The first kappa shape index (κ1) is 15.9. The summed E-state index contributed by atoms with van der Waals surface area (Å²) < 4.78 is 0. The molecule has 0 aliphatic rings. The van der Waals surface area contributed by atoms with E-state index in [-0.39, 0.29) is 11.3 Å². The van der Waals surface area contributed by atoms with Crippen LogP contribution in [0.5, 0.6) is 5.75 Å². The van der Waals surface area contributed by atoms with Crippen molar-refractivity contribution in [2.24, 2.45) is 0 Å². The maximum Gasteiger partial charge on any atom is 0.252 e. The number of nitrogens with one attached hydrogen (secondary N) is 1. The van der Waals surface area contributed by atoms with Crippen LogP contribution in [0.1, 0.15) is 22.3 Å². The summed E-state index contributed by atoms with van der Waals surface area (Å²) >= 11 is 12.0. The average molecular weight is 348 g/mol. The van der Waals surface area contributed by atoms with Crippen LogP contribution in [0.25, 0.3) is 10.9 Å². The average Bonchev–Trinajstić information content (AvgIpc) is 2.46. The molecule has 0 atom stereocenters. The number of aryl methyl sites for hydroxylation is 2. The zero-order valence-corrected chi connectivity index (χ0v) is 14.2. The van der Waals surface area contributed by atoms with Crippen LogP contribution in [0.3, 0.4) is 0 Å². The van der Waals surface area contributed by atoms with Gasteiger partial charge >= 0.3 is 0 Å². The molecule has 0 radical (unpaired) electrons. The van der Waals surface area contributed by atoms with E-state index in [1.165, 1.54) is 0 Å². The Kier molecular flexibility index (Phi) is 4.09. The maximum absolute atomic E-state index is 12.4. The Morgan fingerprint density at radius 2 is 1.83 bits per heavy atom. The topological polar surface area (TPSA) is 53.1 Å². The van der Waals surface area contributed by atoms with E-state index in [0.717, 1.165) is 16.7 Å². The van der Waals surface area contributed by atoms with E-state index in [9.17, 15) is 9.90 Å². The van der Waals surface area contributed by atoms with Gasteiger partial charge in [-0.15, -0.1) is 0 Å². The number of hydrogen-bond donors (Lipinski definition) is 2. The molecule has 3 aromatic rings. The van der Waals surface area contributed by atoms with Crippen molar-refractivity contribution in [3.05, 3.63) is 73.0 Å². The normalized spacial score (nSPS) is 11.1. The van der Waals surface area contributed by atoms with Crippen molar-refractivity contribution < 1.29 is 5.11 Å². The maximum atomic E-state index is 12.4. The summed E-state index contributed by atoms with van der Waals surface area (Å²) in [5, 5.41) is 11.8. The van der Waals surface area contributed by atoms with Crippen molar-refractivity contribution in [3.8, 4) is 5.75 Å². The fourth-order valence-electron chi connectivity index (χ4n) is 2.85. The van der Waals surface area contributed by atoms with E-state index < -0.39 is 0 Å². The van der Waals surface area contributed by atoms with Crippen LogP contribution >= 0.6 is 23.2 Å². The molecule has 0 bridgehead atoms. The molecule has 2 aromatic carbocycles. The Bertz CT molecular complexity index is 977. The third-order valence-corrected chi connectivity index (χ3v) is 4.72. The fraction of sp³-hybridized carbons (Fsp3) is 0.167. The summed E-state index contributed by atoms with van der Waals surface area (Å²) in [6.07, 6.45) is 0.418. The Labute approximate surface area is 143 Å². The van der Waals surface area contributed by atoms with Crippen molar-refractivity contribution in [2.45, 2.75) is 20.3 Å². The predicted octanol–water partition coefficient (Wildman–Crippen LogP) is 4.75. The fourth-order valence-corrected chi connectivity index (χ4v) is 3.17. The summed E-state index contributed by atoms with van der Waals surface area (Å²) in [6.45, 7) is 3.72. The van der Waals surface area contributed by atoms with Crippen molar-refractivity contribution >= 4 is 34.1 Å².